The Labute approximate surface area is 445 Å². The lowest BCUT2D eigenvalue weighted by Gasteiger charge is -2.72. The number of carbonyl (C=O) groups is 2. The fourth-order valence-electron chi connectivity index (χ4n) is 20.8. The molecule has 14 rings (SSSR count). The van der Waals surface area contributed by atoms with E-state index in [1.165, 1.54) is 21.6 Å². The van der Waals surface area contributed by atoms with Crippen LogP contribution in [0.4, 0.5) is 5.69 Å². The first kappa shape index (κ1) is 52.7. The zero-order valence-corrected chi connectivity index (χ0v) is 45.9. The number of allylic oxidation sites excluding steroid dienone is 2. The summed E-state index contributed by atoms with van der Waals surface area (Å²) in [6.45, 7) is 9.15. The molecule has 0 radical (unpaired) electrons. The summed E-state index contributed by atoms with van der Waals surface area (Å²) in [5.41, 5.74) is -9.31. The molecule has 13 aliphatic rings. The normalized spacial score (nSPS) is 49.6. The first-order valence-electron chi connectivity index (χ1n) is 28.7. The number of ether oxygens (including phenoxy) is 1. The summed E-state index contributed by atoms with van der Waals surface area (Å²) >= 11 is 0. The van der Waals surface area contributed by atoms with Crippen molar-refractivity contribution in [2.75, 3.05) is 37.4 Å². The smallest absolute Gasteiger partial charge is 0.234 e. The Morgan fingerprint density at radius 1 is 0.919 bits per heavy atom. The van der Waals surface area contributed by atoms with Gasteiger partial charge in [-0.2, -0.15) is 0 Å². The van der Waals surface area contributed by atoms with E-state index in [1.54, 1.807) is 23.1 Å². The molecular weight excluding hydrogens is 977 g/mol. The lowest BCUT2D eigenvalue weighted by Crippen LogP contribution is -2.75. The fourth-order valence-corrected chi connectivity index (χ4v) is 23.9. The number of phenolic OH excluding ortho intramolecular Hbond substituents is 1. The van der Waals surface area contributed by atoms with E-state index in [2.05, 4.69) is 45.2 Å². The predicted molar refractivity (Wildman–Crippen MR) is 285 cm³/mol. The molecule has 0 unspecified atom stereocenters. The van der Waals surface area contributed by atoms with Crippen LogP contribution in [0.2, 0.25) is 0 Å². The molecule has 0 aromatic heterocycles. The lowest BCUT2D eigenvalue weighted by molar-refractivity contribution is -0.262. The molecule has 8 fully saturated rings. The molecule has 408 valence electrons. The van der Waals surface area contributed by atoms with Crippen molar-refractivity contribution >= 4 is 39.0 Å². The van der Waals surface area contributed by atoms with Crippen LogP contribution in [0.1, 0.15) is 130 Å². The van der Waals surface area contributed by atoms with Crippen molar-refractivity contribution < 1.29 is 55.2 Å². The highest BCUT2D eigenvalue weighted by Gasteiger charge is 2.82. The maximum atomic E-state index is 16.2. The maximum absolute atomic E-state index is 16.2. The topological polar surface area (TPSA) is 224 Å². The molecule has 5 spiro atoms. The Morgan fingerprint density at radius 2 is 1.69 bits per heavy atom. The number of aryl methyl sites for hydroxylation is 1. The minimum absolute atomic E-state index is 0.00979. The van der Waals surface area contributed by atoms with Crippen LogP contribution in [0.15, 0.2) is 42.0 Å². The Balaban J connectivity index is 1.08. The molecule has 13 nitrogen and oxygen atoms in total. The van der Waals surface area contributed by atoms with Gasteiger partial charge in [0.2, 0.25) is 5.91 Å². The molecule has 1 amide bonds. The van der Waals surface area contributed by atoms with Gasteiger partial charge in [-0.05, 0) is 167 Å². The lowest BCUT2D eigenvalue weighted by atomic mass is 9.33. The number of rotatable bonds is 6. The zero-order valence-electron chi connectivity index (χ0n) is 44.3. The molecule has 5 heterocycles. The number of epoxide rings is 1. The summed E-state index contributed by atoms with van der Waals surface area (Å²) in [4.78, 5) is 34.1. The van der Waals surface area contributed by atoms with Crippen LogP contribution in [-0.4, -0.2) is 132 Å². The van der Waals surface area contributed by atoms with E-state index in [9.17, 15) is 40.9 Å². The molecule has 20 atom stereocenters. The van der Waals surface area contributed by atoms with Crippen molar-refractivity contribution in [2.24, 2.45) is 79.8 Å². The van der Waals surface area contributed by atoms with Crippen molar-refractivity contribution in [3.63, 3.8) is 0 Å². The number of nitrogens with one attached hydrogen (secondary N) is 1. The molecule has 8 bridgehead atoms. The standard InChI is InChI=1S/C59H84N2O11S2/c1-32(2)33(3)46-49(72-46)57(70)18-9-12-36-24-41-42-26-45(65)56(27-43(64)48(67)53(52(41,56)4)16-6-7-17-53)51(69)74-73-30-38-11-8-10-37(29-62)59(38)50(68)61(31-54(59)19-14-35(28-60-5)47(54)66)39-22-34(23-40(63)25-39)13-20-55(36)44(57)15-21-58(42,55)71/h9,12,22-23,25-26,32-33,35-38,41,43-44,46-49,51,60,62-64,66-67,69-71H,6-8,10-11,13-21,24,27-31H2,1-5H3/t33-,35+,36+,37-,38+,41+,43-,44+,46+,47-,48-,49-,51-,52+,54+,55-,56+,57-,58-,59-/m1/s1. The van der Waals surface area contributed by atoms with Gasteiger partial charge < -0.3 is 55.8 Å². The van der Waals surface area contributed by atoms with E-state index in [0.717, 1.165) is 24.8 Å². The number of carbonyl (C=O) groups excluding carboxylic acids is 2. The van der Waals surface area contributed by atoms with Crippen LogP contribution in [0, 0.1) is 79.8 Å². The van der Waals surface area contributed by atoms with Gasteiger partial charge in [0.25, 0.3) is 0 Å². The molecule has 15 heteroatoms. The quantitative estimate of drug-likeness (QED) is 0.0848. The Morgan fingerprint density at radius 3 is 2.42 bits per heavy atom. The molecule has 8 aliphatic carbocycles. The number of ketones is 1. The van der Waals surface area contributed by atoms with Crippen molar-refractivity contribution in [1.82, 2.24) is 5.32 Å². The third-order valence-corrected chi connectivity index (χ3v) is 27.0. The Hall–Kier alpha value is -2.02. The predicted octanol–water partition coefficient (Wildman–Crippen LogP) is 6.46. The van der Waals surface area contributed by atoms with Gasteiger partial charge in [0.15, 0.2) is 5.78 Å². The van der Waals surface area contributed by atoms with E-state index < -0.39 is 91.3 Å². The van der Waals surface area contributed by atoms with Gasteiger partial charge in [-0.1, -0.05) is 80.7 Å². The van der Waals surface area contributed by atoms with Crippen molar-refractivity contribution in [3.8, 4) is 5.75 Å². The van der Waals surface area contributed by atoms with Gasteiger partial charge in [0, 0.05) is 59.4 Å². The number of aliphatic hydroxyl groups is 7. The molecule has 5 aliphatic heterocycles. The number of aliphatic hydroxyl groups excluding tert-OH is 5. The van der Waals surface area contributed by atoms with Crippen LogP contribution < -0.4 is 10.2 Å². The van der Waals surface area contributed by atoms with E-state index in [0.29, 0.717) is 100 Å². The van der Waals surface area contributed by atoms with Crippen LogP contribution in [0.3, 0.4) is 0 Å². The van der Waals surface area contributed by atoms with Gasteiger partial charge >= 0.3 is 0 Å². The Bertz CT molecular complexity index is 2490. The second-order valence-electron chi connectivity index (χ2n) is 26.7. The minimum Gasteiger partial charge on any atom is -0.508 e. The summed E-state index contributed by atoms with van der Waals surface area (Å²) in [7, 11) is 4.51. The number of amides is 1. The van der Waals surface area contributed by atoms with Crippen molar-refractivity contribution in [3.05, 3.63) is 47.6 Å². The largest absolute Gasteiger partial charge is 0.508 e. The van der Waals surface area contributed by atoms with Crippen LogP contribution in [0.5, 0.6) is 5.75 Å². The molecule has 9 N–H and O–H groups in total. The summed E-state index contributed by atoms with van der Waals surface area (Å²) in [5, 5.41) is 106. The number of hydrogen-bond donors (Lipinski definition) is 9. The number of nitrogens with zero attached hydrogens (tertiary/aromatic N) is 1. The second-order valence-corrected chi connectivity index (χ2v) is 29.2. The fraction of sp³-hybridized carbons (Fsp3) is 0.797. The first-order chi connectivity index (χ1) is 35.2. The summed E-state index contributed by atoms with van der Waals surface area (Å²) in [6, 6.07) is 5.37. The molecule has 1 aromatic carbocycles. The number of benzene rings is 1. The van der Waals surface area contributed by atoms with E-state index >= 15 is 9.59 Å². The minimum atomic E-state index is -1.62. The zero-order chi connectivity index (χ0) is 52.3. The second kappa shape index (κ2) is 18.0. The number of fused-ring (bicyclic) bond motifs is 1. The SMILES string of the molecule is CNC[C@@H]1CC[C@]2(CN3C(=O)[C@]24[C@@H](CO)CCC[C@H]4CSS[C@@H](O)[C@@]24C[C@@H](O)[C@@H](O)C5(CCCC5)[C@]2(C)[C@H]2C[C@@H]5C=CC[C@](O)([C@@H]6O[C@H]6[C@H](C)C(C)C)[C@H]6CC[C@@](O)(C2=CC4=O)[C@@]65CCc2cc(O)cc3c2)[C@@H]1O. The molecular formula is C59H84N2O11S2. The molecule has 74 heavy (non-hydrogen) atoms. The van der Waals surface area contributed by atoms with E-state index in [1.807, 2.05) is 13.1 Å². The maximum Gasteiger partial charge on any atom is 0.234 e. The van der Waals surface area contributed by atoms with Gasteiger partial charge in [-0.25, -0.2) is 0 Å². The van der Waals surface area contributed by atoms with Gasteiger partial charge in [0.05, 0.1) is 40.8 Å². The molecule has 2 saturated heterocycles. The summed E-state index contributed by atoms with van der Waals surface area (Å²) in [6.07, 6.45) is 10.1. The van der Waals surface area contributed by atoms with Gasteiger partial charge in [0.1, 0.15) is 22.9 Å². The first-order valence-corrected chi connectivity index (χ1v) is 31.1. The molecule has 6 saturated carbocycles. The van der Waals surface area contributed by atoms with Crippen molar-refractivity contribution in [2.45, 2.75) is 178 Å². The average Bonchev–Trinajstić information content (AvgIpc) is 3.65. The third-order valence-electron chi connectivity index (χ3n) is 24.4. The van der Waals surface area contributed by atoms with Crippen LogP contribution >= 0.6 is 21.6 Å². The monoisotopic (exact) mass is 1060 g/mol. The van der Waals surface area contributed by atoms with Gasteiger partial charge in [-0.15, -0.1) is 0 Å². The highest BCUT2D eigenvalue weighted by molar-refractivity contribution is 8.76. The summed E-state index contributed by atoms with van der Waals surface area (Å²) in [5.74, 6) is -1.86. The number of phenols is 1. The average molecular weight is 1060 g/mol. The van der Waals surface area contributed by atoms with Crippen LogP contribution in [0.25, 0.3) is 0 Å². The number of hydrogen-bond acceptors (Lipinski definition) is 14. The van der Waals surface area contributed by atoms with Gasteiger partial charge in [-0.3, -0.25) is 9.59 Å². The highest BCUT2D eigenvalue weighted by atomic mass is 33.1. The third kappa shape index (κ3) is 6.46. The number of aromatic hydroxyl groups is 1. The summed E-state index contributed by atoms with van der Waals surface area (Å²) < 4.78 is 6.57. The van der Waals surface area contributed by atoms with E-state index in [4.69, 9.17) is 4.74 Å². The Kier molecular flexibility index (Phi) is 12.8. The van der Waals surface area contributed by atoms with Crippen molar-refractivity contribution in [1.29, 1.82) is 0 Å². The highest BCUT2D eigenvalue weighted by Crippen LogP contribution is 2.80. The number of anilines is 1. The molecule has 1 aromatic rings. The van der Waals surface area contributed by atoms with Crippen LogP contribution in [-0.2, 0) is 20.7 Å². The van der Waals surface area contributed by atoms with E-state index in [-0.39, 0.29) is 73.2 Å².